The third-order valence-corrected chi connectivity index (χ3v) is 6.98. The lowest BCUT2D eigenvalue weighted by Crippen LogP contribution is -2.52. The molecule has 198 valence electrons. The van der Waals surface area contributed by atoms with Gasteiger partial charge >= 0.3 is 0 Å². The van der Waals surface area contributed by atoms with Crippen molar-refractivity contribution in [1.29, 1.82) is 0 Å². The van der Waals surface area contributed by atoms with E-state index in [1.807, 2.05) is 20.8 Å². The molecule has 0 saturated heterocycles. The zero-order chi connectivity index (χ0) is 26.9. The summed E-state index contributed by atoms with van der Waals surface area (Å²) in [4.78, 5) is 28.3. The highest BCUT2D eigenvalue weighted by Crippen LogP contribution is 2.30. The van der Waals surface area contributed by atoms with Crippen LogP contribution in [-0.4, -0.2) is 57.1 Å². The maximum atomic E-state index is 13.8. The molecule has 0 heterocycles. The zero-order valence-corrected chi connectivity index (χ0v) is 23.1. The van der Waals surface area contributed by atoms with E-state index >= 15 is 0 Å². The quantitative estimate of drug-likeness (QED) is 0.415. The van der Waals surface area contributed by atoms with Crippen LogP contribution in [0.25, 0.3) is 0 Å². The number of para-hydroxylation sites is 2. The van der Waals surface area contributed by atoms with Crippen molar-refractivity contribution >= 4 is 39.1 Å². The molecule has 0 radical (unpaired) electrons. The molecule has 1 unspecified atom stereocenters. The molecule has 0 aliphatic rings. The first kappa shape index (κ1) is 29.5. The van der Waals surface area contributed by atoms with E-state index in [9.17, 15) is 18.0 Å². The Morgan fingerprint density at radius 2 is 1.69 bits per heavy atom. The van der Waals surface area contributed by atoms with Crippen molar-refractivity contribution in [3.63, 3.8) is 0 Å². The molecular formula is C26H36ClN3O5S. The minimum absolute atomic E-state index is 0.0524. The Hall–Kier alpha value is -2.78. The van der Waals surface area contributed by atoms with E-state index in [0.717, 1.165) is 10.6 Å². The molecule has 0 bridgehead atoms. The minimum atomic E-state index is -3.86. The highest BCUT2D eigenvalue weighted by Gasteiger charge is 2.32. The van der Waals surface area contributed by atoms with Crippen molar-refractivity contribution in [2.45, 2.75) is 46.7 Å². The number of hydrogen-bond donors (Lipinski definition) is 1. The molecule has 0 spiro atoms. The Kier molecular flexibility index (Phi) is 11.0. The summed E-state index contributed by atoms with van der Waals surface area (Å²) in [5.74, 6) is -0.252. The number of nitrogens with one attached hydrogen (secondary N) is 1. The van der Waals surface area contributed by atoms with Crippen LogP contribution in [0.4, 0.5) is 5.69 Å². The van der Waals surface area contributed by atoms with Crippen LogP contribution < -0.4 is 14.4 Å². The van der Waals surface area contributed by atoms with Crippen LogP contribution in [0.3, 0.4) is 0 Å². The second-order valence-corrected chi connectivity index (χ2v) is 11.2. The number of anilines is 1. The monoisotopic (exact) mass is 537 g/mol. The van der Waals surface area contributed by atoms with Gasteiger partial charge in [0.15, 0.2) is 0 Å². The van der Waals surface area contributed by atoms with Crippen molar-refractivity contribution in [1.82, 2.24) is 10.2 Å². The zero-order valence-electron chi connectivity index (χ0n) is 21.5. The number of rotatable bonds is 13. The Bertz CT molecular complexity index is 1140. The summed E-state index contributed by atoms with van der Waals surface area (Å²) >= 11 is 6.37. The van der Waals surface area contributed by atoms with Gasteiger partial charge in [-0.2, -0.15) is 0 Å². The SMILES string of the molecule is CCOc1ccccc1N(CC(=O)N(Cc1ccccc1Cl)C(CC)C(=O)NCC(C)C)S(C)(=O)=O. The Morgan fingerprint density at radius 1 is 1.06 bits per heavy atom. The molecule has 0 fully saturated rings. The first-order chi connectivity index (χ1) is 17.0. The highest BCUT2D eigenvalue weighted by molar-refractivity contribution is 7.92. The number of carbonyl (C=O) groups is 2. The Morgan fingerprint density at radius 3 is 2.28 bits per heavy atom. The maximum Gasteiger partial charge on any atom is 0.244 e. The second-order valence-electron chi connectivity index (χ2n) is 8.85. The number of ether oxygens (including phenoxy) is 1. The largest absolute Gasteiger partial charge is 0.492 e. The van der Waals surface area contributed by atoms with Crippen molar-refractivity contribution in [2.75, 3.05) is 30.3 Å². The van der Waals surface area contributed by atoms with E-state index in [0.29, 0.717) is 35.9 Å². The molecule has 0 aromatic heterocycles. The number of hydrogen-bond acceptors (Lipinski definition) is 5. The summed E-state index contributed by atoms with van der Waals surface area (Å²) in [6.07, 6.45) is 1.38. The van der Waals surface area contributed by atoms with Crippen LogP contribution in [0.2, 0.25) is 5.02 Å². The summed E-state index contributed by atoms with van der Waals surface area (Å²) in [6.45, 7) is 7.90. The fourth-order valence-corrected chi connectivity index (χ4v) is 4.74. The van der Waals surface area contributed by atoms with Crippen molar-refractivity contribution < 1.29 is 22.7 Å². The molecule has 2 aromatic rings. The molecule has 10 heteroatoms. The first-order valence-corrected chi connectivity index (χ1v) is 14.2. The van der Waals surface area contributed by atoms with E-state index in [1.165, 1.54) is 4.90 Å². The molecule has 36 heavy (non-hydrogen) atoms. The smallest absolute Gasteiger partial charge is 0.244 e. The normalized spacial score (nSPS) is 12.2. The highest BCUT2D eigenvalue weighted by atomic mass is 35.5. The van der Waals surface area contributed by atoms with Gasteiger partial charge in [0.25, 0.3) is 0 Å². The number of halogens is 1. The van der Waals surface area contributed by atoms with Crippen molar-refractivity contribution in [2.24, 2.45) is 5.92 Å². The number of carbonyl (C=O) groups excluding carboxylic acids is 2. The molecular weight excluding hydrogens is 502 g/mol. The average molecular weight is 538 g/mol. The first-order valence-electron chi connectivity index (χ1n) is 12.0. The standard InChI is InChI=1S/C26H36ClN3O5S/c1-6-22(26(32)28-16-19(3)4)29(17-20-12-8-9-13-21(20)27)25(31)18-30(36(5,33)34)23-14-10-11-15-24(23)35-7-2/h8-15,19,22H,6-7,16-18H2,1-5H3,(H,28,32). The second kappa shape index (κ2) is 13.5. The predicted molar refractivity (Wildman–Crippen MR) is 144 cm³/mol. The van der Waals surface area contributed by atoms with Gasteiger partial charge in [0.1, 0.15) is 18.3 Å². The molecule has 1 N–H and O–H groups in total. The summed E-state index contributed by atoms with van der Waals surface area (Å²) in [5, 5.41) is 3.35. The molecule has 2 amide bonds. The number of amides is 2. The maximum absolute atomic E-state index is 13.8. The van der Waals surface area contributed by atoms with Gasteiger partial charge in [-0.05, 0) is 43.0 Å². The number of sulfonamides is 1. The van der Waals surface area contributed by atoms with Gasteiger partial charge in [-0.25, -0.2) is 8.42 Å². The molecule has 0 aliphatic heterocycles. The van der Waals surface area contributed by atoms with Crippen LogP contribution in [0.5, 0.6) is 5.75 Å². The third kappa shape index (κ3) is 8.13. The number of benzene rings is 2. The van der Waals surface area contributed by atoms with Crippen LogP contribution in [0, 0.1) is 5.92 Å². The number of nitrogens with zero attached hydrogens (tertiary/aromatic N) is 2. The molecule has 8 nitrogen and oxygen atoms in total. The van der Waals surface area contributed by atoms with Gasteiger partial charge < -0.3 is 15.0 Å². The molecule has 2 rings (SSSR count). The fraction of sp³-hybridized carbons (Fsp3) is 0.462. The molecule has 0 saturated carbocycles. The van der Waals surface area contributed by atoms with Gasteiger partial charge in [0, 0.05) is 18.1 Å². The summed E-state index contributed by atoms with van der Waals surface area (Å²) in [6, 6.07) is 12.9. The molecule has 0 aliphatic carbocycles. The fourth-order valence-electron chi connectivity index (χ4n) is 3.69. The molecule has 2 aromatic carbocycles. The van der Waals surface area contributed by atoms with Gasteiger partial charge in [0.05, 0.1) is 18.6 Å². The van der Waals surface area contributed by atoms with E-state index in [2.05, 4.69) is 5.32 Å². The summed E-state index contributed by atoms with van der Waals surface area (Å²) in [7, 11) is -3.86. The van der Waals surface area contributed by atoms with E-state index in [-0.39, 0.29) is 24.1 Å². The van der Waals surface area contributed by atoms with Gasteiger partial charge in [-0.1, -0.05) is 62.7 Å². The molecule has 1 atom stereocenters. The lowest BCUT2D eigenvalue weighted by atomic mass is 10.1. The lowest BCUT2D eigenvalue weighted by Gasteiger charge is -2.33. The van der Waals surface area contributed by atoms with Crippen molar-refractivity contribution in [3.05, 3.63) is 59.1 Å². The third-order valence-electron chi connectivity index (χ3n) is 5.48. The minimum Gasteiger partial charge on any atom is -0.492 e. The van der Waals surface area contributed by atoms with Crippen LogP contribution in [0.15, 0.2) is 48.5 Å². The van der Waals surface area contributed by atoms with Crippen LogP contribution in [-0.2, 0) is 26.2 Å². The van der Waals surface area contributed by atoms with E-state index in [4.69, 9.17) is 16.3 Å². The lowest BCUT2D eigenvalue weighted by molar-refractivity contribution is -0.140. The van der Waals surface area contributed by atoms with E-state index in [1.54, 1.807) is 55.5 Å². The van der Waals surface area contributed by atoms with Crippen LogP contribution in [0.1, 0.15) is 39.7 Å². The average Bonchev–Trinajstić information content (AvgIpc) is 2.82. The topological polar surface area (TPSA) is 96.0 Å². The Balaban J connectivity index is 2.48. The van der Waals surface area contributed by atoms with Gasteiger partial charge in [-0.3, -0.25) is 13.9 Å². The van der Waals surface area contributed by atoms with Crippen molar-refractivity contribution in [3.8, 4) is 5.75 Å². The summed E-state index contributed by atoms with van der Waals surface area (Å²) in [5.41, 5.74) is 0.911. The van der Waals surface area contributed by atoms with Gasteiger partial charge in [-0.15, -0.1) is 0 Å². The Labute approximate surface area is 219 Å². The van der Waals surface area contributed by atoms with Crippen LogP contribution >= 0.6 is 11.6 Å². The van der Waals surface area contributed by atoms with E-state index < -0.39 is 28.5 Å². The predicted octanol–water partition coefficient (Wildman–Crippen LogP) is 4.08. The summed E-state index contributed by atoms with van der Waals surface area (Å²) < 4.78 is 32.2. The van der Waals surface area contributed by atoms with Gasteiger partial charge in [0.2, 0.25) is 21.8 Å².